The average Bonchev–Trinajstić information content (AvgIpc) is 1.89. The Morgan fingerprint density at radius 1 is 1.27 bits per heavy atom. The van der Waals surface area contributed by atoms with E-state index in [1.165, 1.54) is 6.42 Å². The van der Waals surface area contributed by atoms with Gasteiger partial charge in [-0.15, -0.1) is 0 Å². The summed E-state index contributed by atoms with van der Waals surface area (Å²) in [6, 6.07) is 0. The molecule has 0 aromatic heterocycles. The molecule has 1 rings (SSSR count). The molecule has 2 nitrogen and oxygen atoms in total. The summed E-state index contributed by atoms with van der Waals surface area (Å²) in [6.07, 6.45) is 4.88. The van der Waals surface area contributed by atoms with E-state index in [1.54, 1.807) is 6.92 Å². The number of hydrogen-bond acceptors (Lipinski definition) is 2. The van der Waals surface area contributed by atoms with E-state index < -0.39 is 11.4 Å². The van der Waals surface area contributed by atoms with Crippen LogP contribution in [0.1, 0.15) is 39.0 Å². The molecule has 0 N–H and O–H groups in total. The standard InChI is InChI=1S/C8H14O2.Na/c1-8(7(9)10)5-3-2-4-6-8;/h2-6H2,1H3,(H,9,10);/q;+1/p-1. The van der Waals surface area contributed by atoms with Crippen molar-refractivity contribution in [1.29, 1.82) is 0 Å². The fourth-order valence-electron chi connectivity index (χ4n) is 1.54. The molecule has 0 unspecified atom stereocenters. The van der Waals surface area contributed by atoms with Crippen molar-refractivity contribution in [2.75, 3.05) is 0 Å². The third kappa shape index (κ3) is 2.77. The van der Waals surface area contributed by atoms with Crippen molar-refractivity contribution in [2.45, 2.75) is 39.0 Å². The largest absolute Gasteiger partial charge is 1.00 e. The van der Waals surface area contributed by atoms with Crippen molar-refractivity contribution in [3.8, 4) is 0 Å². The van der Waals surface area contributed by atoms with Gasteiger partial charge in [0, 0.05) is 11.4 Å². The van der Waals surface area contributed by atoms with Crippen LogP contribution >= 0.6 is 0 Å². The molecule has 1 aliphatic rings. The Bertz CT molecular complexity index is 139. The SMILES string of the molecule is CC1(C(=O)[O-])CCCCC1.[Na+]. The summed E-state index contributed by atoms with van der Waals surface area (Å²) in [5.74, 6) is -0.868. The van der Waals surface area contributed by atoms with Gasteiger partial charge in [-0.2, -0.15) is 0 Å². The molecule has 0 aromatic carbocycles. The van der Waals surface area contributed by atoms with Crippen molar-refractivity contribution in [2.24, 2.45) is 5.41 Å². The van der Waals surface area contributed by atoms with Gasteiger partial charge < -0.3 is 9.90 Å². The van der Waals surface area contributed by atoms with Gasteiger partial charge in [0.05, 0.1) is 0 Å². The van der Waals surface area contributed by atoms with Gasteiger partial charge in [-0.3, -0.25) is 0 Å². The van der Waals surface area contributed by atoms with Crippen molar-refractivity contribution in [1.82, 2.24) is 0 Å². The molecule has 58 valence electrons. The first-order valence-corrected chi connectivity index (χ1v) is 3.87. The van der Waals surface area contributed by atoms with E-state index in [2.05, 4.69) is 0 Å². The van der Waals surface area contributed by atoms with Crippen molar-refractivity contribution in [3.05, 3.63) is 0 Å². The average molecular weight is 164 g/mol. The molecule has 3 heteroatoms. The summed E-state index contributed by atoms with van der Waals surface area (Å²) in [7, 11) is 0. The van der Waals surface area contributed by atoms with E-state index in [0.29, 0.717) is 0 Å². The van der Waals surface area contributed by atoms with Crippen LogP contribution < -0.4 is 34.7 Å². The molecule has 0 saturated heterocycles. The van der Waals surface area contributed by atoms with Gasteiger partial charge in [0.15, 0.2) is 0 Å². The summed E-state index contributed by atoms with van der Waals surface area (Å²) in [5.41, 5.74) is -0.516. The molecule has 1 aliphatic carbocycles. The molecule has 0 heterocycles. The number of carboxylic acids is 1. The maximum absolute atomic E-state index is 10.6. The van der Waals surface area contributed by atoms with E-state index in [-0.39, 0.29) is 29.6 Å². The molecule has 1 fully saturated rings. The summed E-state index contributed by atoms with van der Waals surface area (Å²) < 4.78 is 0. The van der Waals surface area contributed by atoms with Gasteiger partial charge in [0.2, 0.25) is 0 Å². The van der Waals surface area contributed by atoms with Crippen molar-refractivity contribution < 1.29 is 39.5 Å². The van der Waals surface area contributed by atoms with Crippen LogP contribution in [0.25, 0.3) is 0 Å². The first kappa shape index (κ1) is 11.5. The molecule has 0 amide bonds. The third-order valence-corrected chi connectivity index (χ3v) is 2.45. The zero-order valence-corrected chi connectivity index (χ0v) is 9.35. The quantitative estimate of drug-likeness (QED) is 0.409. The zero-order valence-electron chi connectivity index (χ0n) is 7.35. The van der Waals surface area contributed by atoms with Crippen LogP contribution in [0.4, 0.5) is 0 Å². The van der Waals surface area contributed by atoms with Crippen molar-refractivity contribution >= 4 is 5.97 Å². The maximum Gasteiger partial charge on any atom is 1.00 e. The monoisotopic (exact) mass is 164 g/mol. The number of carboxylic acid groups (broad SMARTS) is 1. The molecule has 0 aliphatic heterocycles. The Balaban J connectivity index is 0.000001000. The predicted molar refractivity (Wildman–Crippen MR) is 36.2 cm³/mol. The minimum absolute atomic E-state index is 0. The first-order valence-electron chi connectivity index (χ1n) is 3.87. The first-order chi connectivity index (χ1) is 4.65. The van der Waals surface area contributed by atoms with Gasteiger partial charge in [-0.05, 0) is 12.8 Å². The van der Waals surface area contributed by atoms with Gasteiger partial charge in [0.1, 0.15) is 0 Å². The topological polar surface area (TPSA) is 40.1 Å². The van der Waals surface area contributed by atoms with Crippen LogP contribution in [-0.4, -0.2) is 5.97 Å². The van der Waals surface area contributed by atoms with Crippen LogP contribution in [0.3, 0.4) is 0 Å². The van der Waals surface area contributed by atoms with Crippen LogP contribution in [-0.2, 0) is 4.79 Å². The van der Waals surface area contributed by atoms with E-state index >= 15 is 0 Å². The Kier molecular flexibility index (Phi) is 4.68. The molecular weight excluding hydrogens is 151 g/mol. The van der Waals surface area contributed by atoms with E-state index in [9.17, 15) is 9.90 Å². The Morgan fingerprint density at radius 3 is 2.00 bits per heavy atom. The molecule has 0 atom stereocenters. The second-order valence-corrected chi connectivity index (χ2v) is 3.41. The number of aliphatic carboxylic acids is 1. The van der Waals surface area contributed by atoms with E-state index in [4.69, 9.17) is 0 Å². The zero-order chi connectivity index (χ0) is 7.61. The molecule has 11 heavy (non-hydrogen) atoms. The van der Waals surface area contributed by atoms with Crippen LogP contribution in [0, 0.1) is 5.41 Å². The van der Waals surface area contributed by atoms with Crippen molar-refractivity contribution in [3.63, 3.8) is 0 Å². The van der Waals surface area contributed by atoms with Crippen LogP contribution in [0.5, 0.6) is 0 Å². The Labute approximate surface area is 89.7 Å². The molecule has 1 saturated carbocycles. The summed E-state index contributed by atoms with van der Waals surface area (Å²) in [4.78, 5) is 10.6. The number of carbonyl (C=O) groups excluding carboxylic acids is 1. The fourth-order valence-corrected chi connectivity index (χ4v) is 1.54. The van der Waals surface area contributed by atoms with Crippen LogP contribution in [0.15, 0.2) is 0 Å². The number of rotatable bonds is 1. The number of hydrogen-bond donors (Lipinski definition) is 0. The molecule has 0 spiro atoms. The minimum atomic E-state index is -0.868. The summed E-state index contributed by atoms with van der Waals surface area (Å²) in [6.45, 7) is 1.79. The normalized spacial score (nSPS) is 21.9. The molecule has 0 radical (unpaired) electrons. The maximum atomic E-state index is 10.6. The molecule has 0 aromatic rings. The van der Waals surface area contributed by atoms with E-state index in [1.807, 2.05) is 0 Å². The number of carbonyl (C=O) groups is 1. The van der Waals surface area contributed by atoms with E-state index in [0.717, 1.165) is 25.7 Å². The fraction of sp³-hybridized carbons (Fsp3) is 0.875. The van der Waals surface area contributed by atoms with Gasteiger partial charge in [0.25, 0.3) is 0 Å². The van der Waals surface area contributed by atoms with Crippen LogP contribution in [0.2, 0.25) is 0 Å². The molecular formula is C8H13NaO2. The summed E-state index contributed by atoms with van der Waals surface area (Å²) >= 11 is 0. The Hall–Kier alpha value is 0.470. The van der Waals surface area contributed by atoms with Gasteiger partial charge in [-0.1, -0.05) is 26.2 Å². The smallest absolute Gasteiger partial charge is 0.550 e. The second-order valence-electron chi connectivity index (χ2n) is 3.41. The summed E-state index contributed by atoms with van der Waals surface area (Å²) in [5, 5.41) is 10.6. The van der Waals surface area contributed by atoms with Gasteiger partial charge >= 0.3 is 29.6 Å². The predicted octanol–water partition coefficient (Wildman–Crippen LogP) is -2.29. The second kappa shape index (κ2) is 4.48. The molecule has 0 bridgehead atoms. The van der Waals surface area contributed by atoms with Gasteiger partial charge in [-0.25, -0.2) is 0 Å². The minimum Gasteiger partial charge on any atom is -0.550 e. The third-order valence-electron chi connectivity index (χ3n) is 2.45. The Morgan fingerprint density at radius 2 is 1.73 bits per heavy atom.